The van der Waals surface area contributed by atoms with Crippen LogP contribution in [0.5, 0.6) is 0 Å². The Bertz CT molecular complexity index is 457. The summed E-state index contributed by atoms with van der Waals surface area (Å²) in [5.74, 6) is 0.0476. The summed E-state index contributed by atoms with van der Waals surface area (Å²) in [4.78, 5) is 12.0. The summed E-state index contributed by atoms with van der Waals surface area (Å²) in [7, 11) is 0. The van der Waals surface area contributed by atoms with Crippen LogP contribution in [0.15, 0.2) is 12.1 Å². The Balaban J connectivity index is 2.12. The van der Waals surface area contributed by atoms with E-state index in [0.29, 0.717) is 6.54 Å². The van der Waals surface area contributed by atoms with E-state index in [2.05, 4.69) is 23.6 Å². The molecule has 0 fully saturated rings. The van der Waals surface area contributed by atoms with Crippen molar-refractivity contribution in [3.63, 3.8) is 0 Å². The van der Waals surface area contributed by atoms with Crippen molar-refractivity contribution in [3.8, 4) is 0 Å². The highest BCUT2D eigenvalue weighted by Gasteiger charge is 2.31. The van der Waals surface area contributed by atoms with Crippen LogP contribution in [-0.4, -0.2) is 19.0 Å². The van der Waals surface area contributed by atoms with Gasteiger partial charge >= 0.3 is 0 Å². The number of benzene rings is 1. The van der Waals surface area contributed by atoms with Gasteiger partial charge in [-0.05, 0) is 57.0 Å². The van der Waals surface area contributed by atoms with Gasteiger partial charge < -0.3 is 16.4 Å². The van der Waals surface area contributed by atoms with Gasteiger partial charge in [0.25, 0.3) is 0 Å². The molecule has 98 valence electrons. The van der Waals surface area contributed by atoms with E-state index >= 15 is 0 Å². The second-order valence-corrected chi connectivity index (χ2v) is 4.92. The molecular formula is C14H21N3O. The Morgan fingerprint density at radius 2 is 2.11 bits per heavy atom. The van der Waals surface area contributed by atoms with Gasteiger partial charge in [0, 0.05) is 11.3 Å². The van der Waals surface area contributed by atoms with Crippen LogP contribution < -0.4 is 16.4 Å². The number of nitrogens with one attached hydrogen (secondary N) is 2. The normalized spacial score (nSPS) is 17.7. The van der Waals surface area contributed by atoms with Gasteiger partial charge in [-0.15, -0.1) is 0 Å². The molecular weight excluding hydrogens is 226 g/mol. The monoisotopic (exact) mass is 247 g/mol. The molecule has 1 heterocycles. The molecule has 0 saturated carbocycles. The summed E-state index contributed by atoms with van der Waals surface area (Å²) < 4.78 is 0. The average Bonchev–Trinajstić information content (AvgIpc) is 2.61. The number of carbonyl (C=O) groups is 1. The third-order valence-electron chi connectivity index (χ3n) is 3.32. The maximum atomic E-state index is 12.0. The summed E-state index contributed by atoms with van der Waals surface area (Å²) in [6.07, 6.45) is 1.99. The Morgan fingerprint density at radius 3 is 2.83 bits per heavy atom. The molecule has 0 bridgehead atoms. The first-order chi connectivity index (χ1) is 8.63. The smallest absolute Gasteiger partial charge is 0.246 e. The minimum Gasteiger partial charge on any atom is -0.330 e. The number of anilines is 1. The minimum absolute atomic E-state index is 0.0476. The molecule has 4 N–H and O–H groups in total. The molecule has 1 unspecified atom stereocenters. The van der Waals surface area contributed by atoms with Gasteiger partial charge in [-0.2, -0.15) is 0 Å². The van der Waals surface area contributed by atoms with Gasteiger partial charge in [0.15, 0.2) is 0 Å². The van der Waals surface area contributed by atoms with Crippen LogP contribution in [0.4, 0.5) is 5.69 Å². The third kappa shape index (κ3) is 2.54. The number of nitrogens with two attached hydrogens (primary N) is 1. The standard InChI is InChI=1S/C14H21N3O/c1-9-7-10(2)12-11(8-9)17-14(18)13(12)16-6-4-3-5-15/h7-8,13,16H,3-6,15H2,1-2H3,(H,17,18). The van der Waals surface area contributed by atoms with Crippen molar-refractivity contribution in [3.05, 3.63) is 28.8 Å². The zero-order chi connectivity index (χ0) is 13.1. The number of carbonyl (C=O) groups excluding carboxylic acids is 1. The highest BCUT2D eigenvalue weighted by atomic mass is 16.2. The molecule has 0 saturated heterocycles. The van der Waals surface area contributed by atoms with E-state index in [1.807, 2.05) is 13.0 Å². The zero-order valence-corrected chi connectivity index (χ0v) is 11.0. The summed E-state index contributed by atoms with van der Waals surface area (Å²) in [5.41, 5.74) is 9.85. The van der Waals surface area contributed by atoms with E-state index < -0.39 is 0 Å². The largest absolute Gasteiger partial charge is 0.330 e. The molecule has 1 aliphatic heterocycles. The molecule has 1 aliphatic rings. The number of hydrogen-bond acceptors (Lipinski definition) is 3. The molecule has 2 rings (SSSR count). The molecule has 0 spiro atoms. The number of fused-ring (bicyclic) bond motifs is 1. The lowest BCUT2D eigenvalue weighted by molar-refractivity contribution is -0.117. The van der Waals surface area contributed by atoms with Crippen molar-refractivity contribution in [2.45, 2.75) is 32.7 Å². The van der Waals surface area contributed by atoms with Crippen LogP contribution in [0, 0.1) is 13.8 Å². The SMILES string of the molecule is Cc1cc(C)c2c(c1)NC(=O)C2NCCCCN. The predicted octanol–water partition coefficient (Wildman–Crippen LogP) is 1.63. The minimum atomic E-state index is -0.210. The van der Waals surface area contributed by atoms with Gasteiger partial charge in [0.2, 0.25) is 5.91 Å². The lowest BCUT2D eigenvalue weighted by atomic mass is 10.00. The van der Waals surface area contributed by atoms with Gasteiger partial charge in [-0.1, -0.05) is 6.07 Å². The highest BCUT2D eigenvalue weighted by Crippen LogP contribution is 2.34. The molecule has 1 amide bonds. The second kappa shape index (κ2) is 5.50. The first kappa shape index (κ1) is 13.1. The summed E-state index contributed by atoms with van der Waals surface area (Å²) >= 11 is 0. The maximum Gasteiger partial charge on any atom is 0.246 e. The Labute approximate surface area is 108 Å². The van der Waals surface area contributed by atoms with E-state index in [0.717, 1.165) is 30.6 Å². The van der Waals surface area contributed by atoms with Crippen molar-refractivity contribution in [2.24, 2.45) is 5.73 Å². The number of amides is 1. The van der Waals surface area contributed by atoms with Crippen LogP contribution in [0.2, 0.25) is 0 Å². The molecule has 0 radical (unpaired) electrons. The quantitative estimate of drug-likeness (QED) is 0.693. The number of unbranched alkanes of at least 4 members (excludes halogenated alkanes) is 1. The first-order valence-electron chi connectivity index (χ1n) is 6.49. The fraction of sp³-hybridized carbons (Fsp3) is 0.500. The highest BCUT2D eigenvalue weighted by molar-refractivity contribution is 6.03. The summed E-state index contributed by atoms with van der Waals surface area (Å²) in [6.45, 7) is 5.62. The van der Waals surface area contributed by atoms with Gasteiger partial charge in [-0.25, -0.2) is 0 Å². The van der Waals surface area contributed by atoms with Crippen molar-refractivity contribution >= 4 is 11.6 Å². The third-order valence-corrected chi connectivity index (χ3v) is 3.32. The Morgan fingerprint density at radius 1 is 1.33 bits per heavy atom. The Kier molecular flexibility index (Phi) is 3.99. The lowest BCUT2D eigenvalue weighted by Gasteiger charge is -2.13. The predicted molar refractivity (Wildman–Crippen MR) is 73.6 cm³/mol. The summed E-state index contributed by atoms with van der Waals surface area (Å²) in [6, 6.07) is 3.94. The van der Waals surface area contributed by atoms with Crippen molar-refractivity contribution < 1.29 is 4.79 Å². The van der Waals surface area contributed by atoms with Gasteiger partial charge in [0.1, 0.15) is 6.04 Å². The molecule has 1 aromatic carbocycles. The lowest BCUT2D eigenvalue weighted by Crippen LogP contribution is -2.28. The molecule has 1 aromatic rings. The summed E-state index contributed by atoms with van der Waals surface area (Å²) in [5, 5.41) is 6.26. The molecule has 0 aromatic heterocycles. The first-order valence-corrected chi connectivity index (χ1v) is 6.49. The molecule has 18 heavy (non-hydrogen) atoms. The van der Waals surface area contributed by atoms with Crippen molar-refractivity contribution in [1.29, 1.82) is 0 Å². The van der Waals surface area contributed by atoms with Crippen LogP contribution in [-0.2, 0) is 4.79 Å². The van der Waals surface area contributed by atoms with Crippen LogP contribution in [0.25, 0.3) is 0 Å². The molecule has 4 heteroatoms. The van der Waals surface area contributed by atoms with Crippen LogP contribution in [0.1, 0.15) is 35.6 Å². The number of rotatable bonds is 5. The Hall–Kier alpha value is -1.39. The molecule has 1 atom stereocenters. The average molecular weight is 247 g/mol. The fourth-order valence-electron chi connectivity index (χ4n) is 2.51. The van der Waals surface area contributed by atoms with Crippen LogP contribution in [0.3, 0.4) is 0 Å². The van der Waals surface area contributed by atoms with E-state index in [4.69, 9.17) is 5.73 Å². The van der Waals surface area contributed by atoms with E-state index in [9.17, 15) is 4.79 Å². The fourth-order valence-corrected chi connectivity index (χ4v) is 2.51. The van der Waals surface area contributed by atoms with Gasteiger partial charge in [-0.3, -0.25) is 4.79 Å². The van der Waals surface area contributed by atoms with Crippen molar-refractivity contribution in [1.82, 2.24) is 5.32 Å². The zero-order valence-electron chi connectivity index (χ0n) is 11.0. The van der Waals surface area contributed by atoms with Crippen molar-refractivity contribution in [2.75, 3.05) is 18.4 Å². The maximum absolute atomic E-state index is 12.0. The number of aryl methyl sites for hydroxylation is 2. The van der Waals surface area contributed by atoms with Gasteiger partial charge in [0.05, 0.1) is 0 Å². The number of hydrogen-bond donors (Lipinski definition) is 3. The van der Waals surface area contributed by atoms with Crippen LogP contribution >= 0.6 is 0 Å². The van der Waals surface area contributed by atoms with E-state index in [-0.39, 0.29) is 11.9 Å². The molecule has 4 nitrogen and oxygen atoms in total. The second-order valence-electron chi connectivity index (χ2n) is 4.92. The van der Waals surface area contributed by atoms with E-state index in [1.54, 1.807) is 0 Å². The molecule has 0 aliphatic carbocycles. The topological polar surface area (TPSA) is 67.2 Å². The van der Waals surface area contributed by atoms with E-state index in [1.165, 1.54) is 11.1 Å².